The van der Waals surface area contributed by atoms with E-state index in [0.29, 0.717) is 6.54 Å². The topological polar surface area (TPSA) is 51.3 Å². The number of pyridine rings is 1. The quantitative estimate of drug-likeness (QED) is 0.669. The van der Waals surface area contributed by atoms with E-state index in [2.05, 4.69) is 9.98 Å². The average molecular weight is 161 g/mol. The third kappa shape index (κ3) is 1.23. The monoisotopic (exact) mass is 161 g/mol. The minimum absolute atomic E-state index is 0.564. The van der Waals surface area contributed by atoms with Crippen molar-refractivity contribution in [3.8, 4) is 0 Å². The molecule has 0 saturated carbocycles. The lowest BCUT2D eigenvalue weighted by molar-refractivity contribution is 0.975. The first-order valence-corrected chi connectivity index (χ1v) is 4.09. The maximum Gasteiger partial charge on any atom is 0.0844 e. The lowest BCUT2D eigenvalue weighted by Gasteiger charge is -2.12. The molecule has 1 aromatic heterocycles. The second-order valence-electron chi connectivity index (χ2n) is 2.89. The molecule has 0 aliphatic carbocycles. The highest BCUT2D eigenvalue weighted by Crippen LogP contribution is 2.23. The average Bonchev–Trinajstić information content (AvgIpc) is 2.17. The van der Waals surface area contributed by atoms with Gasteiger partial charge >= 0.3 is 0 Å². The van der Waals surface area contributed by atoms with Crippen LogP contribution in [0.2, 0.25) is 0 Å². The number of aryl methyl sites for hydroxylation is 1. The number of aromatic nitrogens is 1. The molecule has 2 heterocycles. The zero-order valence-corrected chi connectivity index (χ0v) is 6.83. The maximum atomic E-state index is 5.51. The van der Waals surface area contributed by atoms with Gasteiger partial charge < -0.3 is 5.73 Å². The SMILES string of the molecule is NCC1=Nc2cnccc2CC1. The van der Waals surface area contributed by atoms with Gasteiger partial charge in [-0.2, -0.15) is 0 Å². The molecule has 0 unspecified atom stereocenters. The van der Waals surface area contributed by atoms with Gasteiger partial charge in [0, 0.05) is 18.5 Å². The first-order valence-electron chi connectivity index (χ1n) is 4.09. The molecule has 1 aromatic rings. The number of aliphatic imine (C=N–C) groups is 1. The molecule has 2 rings (SSSR count). The predicted molar refractivity (Wildman–Crippen MR) is 48.7 cm³/mol. The Balaban J connectivity index is 2.41. The van der Waals surface area contributed by atoms with Crippen LogP contribution >= 0.6 is 0 Å². The van der Waals surface area contributed by atoms with Gasteiger partial charge in [0.15, 0.2) is 0 Å². The summed E-state index contributed by atoms with van der Waals surface area (Å²) in [5.41, 5.74) is 8.86. The van der Waals surface area contributed by atoms with Crippen LogP contribution in [0, 0.1) is 0 Å². The highest BCUT2D eigenvalue weighted by Gasteiger charge is 2.09. The Labute approximate surface area is 71.3 Å². The first-order chi connectivity index (χ1) is 5.90. The van der Waals surface area contributed by atoms with E-state index in [1.54, 1.807) is 6.20 Å². The molecule has 0 aromatic carbocycles. The smallest absolute Gasteiger partial charge is 0.0844 e. The third-order valence-corrected chi connectivity index (χ3v) is 2.08. The lowest BCUT2D eigenvalue weighted by Crippen LogP contribution is -2.16. The van der Waals surface area contributed by atoms with E-state index in [9.17, 15) is 0 Å². The maximum absolute atomic E-state index is 5.51. The van der Waals surface area contributed by atoms with Crippen LogP contribution in [0.5, 0.6) is 0 Å². The molecule has 0 amide bonds. The van der Waals surface area contributed by atoms with E-state index < -0.39 is 0 Å². The van der Waals surface area contributed by atoms with Crippen molar-refractivity contribution < 1.29 is 0 Å². The largest absolute Gasteiger partial charge is 0.325 e. The van der Waals surface area contributed by atoms with Crippen molar-refractivity contribution in [2.45, 2.75) is 12.8 Å². The van der Waals surface area contributed by atoms with Crippen molar-refractivity contribution in [2.24, 2.45) is 10.7 Å². The van der Waals surface area contributed by atoms with Gasteiger partial charge in [0.1, 0.15) is 0 Å². The highest BCUT2D eigenvalue weighted by molar-refractivity contribution is 5.90. The Kier molecular flexibility index (Phi) is 1.87. The van der Waals surface area contributed by atoms with E-state index in [1.165, 1.54) is 5.56 Å². The van der Waals surface area contributed by atoms with Crippen molar-refractivity contribution in [2.75, 3.05) is 6.54 Å². The van der Waals surface area contributed by atoms with Crippen molar-refractivity contribution in [3.63, 3.8) is 0 Å². The molecule has 0 bridgehead atoms. The summed E-state index contributed by atoms with van der Waals surface area (Å²) >= 11 is 0. The molecule has 3 nitrogen and oxygen atoms in total. The molecule has 0 fully saturated rings. The standard InChI is InChI=1S/C9H11N3/c10-5-8-2-1-7-3-4-11-6-9(7)12-8/h3-4,6H,1-2,5,10H2. The summed E-state index contributed by atoms with van der Waals surface area (Å²) in [5.74, 6) is 0. The number of hydrogen-bond acceptors (Lipinski definition) is 3. The summed E-state index contributed by atoms with van der Waals surface area (Å²) in [6.45, 7) is 0.564. The van der Waals surface area contributed by atoms with E-state index in [4.69, 9.17) is 5.73 Å². The first kappa shape index (κ1) is 7.43. The van der Waals surface area contributed by atoms with Gasteiger partial charge in [0.25, 0.3) is 0 Å². The second kappa shape index (κ2) is 3.03. The van der Waals surface area contributed by atoms with E-state index in [-0.39, 0.29) is 0 Å². The number of rotatable bonds is 1. The lowest BCUT2D eigenvalue weighted by atomic mass is 10.0. The van der Waals surface area contributed by atoms with E-state index in [0.717, 1.165) is 24.2 Å². The fourth-order valence-corrected chi connectivity index (χ4v) is 1.38. The molecule has 1 aliphatic heterocycles. The van der Waals surface area contributed by atoms with Crippen LogP contribution in [0.15, 0.2) is 23.5 Å². The van der Waals surface area contributed by atoms with Crippen LogP contribution in [-0.4, -0.2) is 17.2 Å². The van der Waals surface area contributed by atoms with Gasteiger partial charge in [-0.25, -0.2) is 0 Å². The van der Waals surface area contributed by atoms with Gasteiger partial charge in [-0.1, -0.05) is 0 Å². The number of hydrogen-bond donors (Lipinski definition) is 1. The molecule has 12 heavy (non-hydrogen) atoms. The van der Waals surface area contributed by atoms with Crippen LogP contribution in [0.1, 0.15) is 12.0 Å². The predicted octanol–water partition coefficient (Wildman–Crippen LogP) is 1.06. The van der Waals surface area contributed by atoms with Crippen molar-refractivity contribution in [1.82, 2.24) is 4.98 Å². The minimum atomic E-state index is 0.564. The molecular weight excluding hydrogens is 150 g/mol. The Bertz CT molecular complexity index is 317. The molecule has 0 spiro atoms. The molecule has 2 N–H and O–H groups in total. The summed E-state index contributed by atoms with van der Waals surface area (Å²) in [6, 6.07) is 2.02. The minimum Gasteiger partial charge on any atom is -0.325 e. The van der Waals surface area contributed by atoms with Crippen LogP contribution in [-0.2, 0) is 6.42 Å². The fourth-order valence-electron chi connectivity index (χ4n) is 1.38. The van der Waals surface area contributed by atoms with Gasteiger partial charge in [-0.15, -0.1) is 0 Å². The van der Waals surface area contributed by atoms with Crippen molar-refractivity contribution in [1.29, 1.82) is 0 Å². The molecule has 0 radical (unpaired) electrons. The van der Waals surface area contributed by atoms with Crippen molar-refractivity contribution >= 4 is 11.4 Å². The highest BCUT2D eigenvalue weighted by atomic mass is 14.8. The number of nitrogens with two attached hydrogens (primary N) is 1. The van der Waals surface area contributed by atoms with Crippen LogP contribution in [0.4, 0.5) is 5.69 Å². The Morgan fingerprint density at radius 3 is 3.17 bits per heavy atom. The van der Waals surface area contributed by atoms with Gasteiger partial charge in [0.05, 0.1) is 11.9 Å². The molecule has 0 atom stereocenters. The second-order valence-corrected chi connectivity index (χ2v) is 2.89. The molecule has 1 aliphatic rings. The molecule has 3 heteroatoms. The Morgan fingerprint density at radius 2 is 2.33 bits per heavy atom. The number of nitrogens with zero attached hydrogens (tertiary/aromatic N) is 2. The van der Waals surface area contributed by atoms with Crippen LogP contribution in [0.3, 0.4) is 0 Å². The summed E-state index contributed by atoms with van der Waals surface area (Å²) in [4.78, 5) is 8.41. The molecule has 62 valence electrons. The fraction of sp³-hybridized carbons (Fsp3) is 0.333. The normalized spacial score (nSPS) is 15.2. The summed E-state index contributed by atoms with van der Waals surface area (Å²) in [5, 5.41) is 0. The van der Waals surface area contributed by atoms with Crippen molar-refractivity contribution in [3.05, 3.63) is 24.0 Å². The van der Waals surface area contributed by atoms with E-state index >= 15 is 0 Å². The number of fused-ring (bicyclic) bond motifs is 1. The van der Waals surface area contributed by atoms with Gasteiger partial charge in [0.2, 0.25) is 0 Å². The van der Waals surface area contributed by atoms with Gasteiger partial charge in [-0.05, 0) is 24.5 Å². The Hall–Kier alpha value is -1.22. The van der Waals surface area contributed by atoms with Gasteiger partial charge in [-0.3, -0.25) is 9.98 Å². The zero-order valence-electron chi connectivity index (χ0n) is 6.83. The Morgan fingerprint density at radius 1 is 1.42 bits per heavy atom. The van der Waals surface area contributed by atoms with Crippen LogP contribution in [0.25, 0.3) is 0 Å². The third-order valence-electron chi connectivity index (χ3n) is 2.08. The van der Waals surface area contributed by atoms with Crippen LogP contribution < -0.4 is 5.73 Å². The molecular formula is C9H11N3. The molecule has 0 saturated heterocycles. The summed E-state index contributed by atoms with van der Waals surface area (Å²) in [7, 11) is 0. The van der Waals surface area contributed by atoms with E-state index in [1.807, 2.05) is 12.3 Å². The summed E-state index contributed by atoms with van der Waals surface area (Å²) < 4.78 is 0. The zero-order chi connectivity index (χ0) is 8.39. The summed E-state index contributed by atoms with van der Waals surface area (Å²) in [6.07, 6.45) is 5.65.